The van der Waals surface area contributed by atoms with E-state index >= 15 is 0 Å². The predicted molar refractivity (Wildman–Crippen MR) is 93.9 cm³/mol. The van der Waals surface area contributed by atoms with Crippen LogP contribution < -0.4 is 10.6 Å². The molecule has 2 rings (SSSR count). The van der Waals surface area contributed by atoms with E-state index in [4.69, 9.17) is 5.11 Å². The maximum absolute atomic E-state index is 12.1. The molecule has 2 amide bonds. The minimum Gasteiger partial charge on any atom is -0.480 e. The van der Waals surface area contributed by atoms with Crippen molar-refractivity contribution in [3.8, 4) is 0 Å². The molecule has 0 heterocycles. The van der Waals surface area contributed by atoms with E-state index in [1.54, 1.807) is 0 Å². The normalized spacial score (nSPS) is 30.0. The van der Waals surface area contributed by atoms with E-state index in [-0.39, 0.29) is 24.7 Å². The lowest BCUT2D eigenvalue weighted by Gasteiger charge is -2.42. The number of urea groups is 1. The Morgan fingerprint density at radius 2 is 1.67 bits per heavy atom. The number of amides is 2. The van der Waals surface area contributed by atoms with Crippen LogP contribution in [-0.2, 0) is 4.79 Å². The van der Waals surface area contributed by atoms with Crippen LogP contribution in [0.1, 0.15) is 59.3 Å². The van der Waals surface area contributed by atoms with Crippen LogP contribution in [-0.4, -0.2) is 53.2 Å². The third-order valence-electron chi connectivity index (χ3n) is 5.76. The summed E-state index contributed by atoms with van der Waals surface area (Å²) < 4.78 is 0. The molecule has 2 aliphatic carbocycles. The van der Waals surface area contributed by atoms with Crippen molar-refractivity contribution in [2.75, 3.05) is 13.1 Å². The van der Waals surface area contributed by atoms with Gasteiger partial charge >= 0.3 is 12.0 Å². The van der Waals surface area contributed by atoms with Crippen molar-refractivity contribution in [2.45, 2.75) is 77.4 Å². The van der Waals surface area contributed by atoms with Gasteiger partial charge in [-0.25, -0.2) is 4.79 Å². The van der Waals surface area contributed by atoms with Gasteiger partial charge in [-0.1, -0.05) is 20.8 Å². The monoisotopic (exact) mass is 339 g/mol. The quantitative estimate of drug-likeness (QED) is 0.665. The Kier molecular flexibility index (Phi) is 6.90. The summed E-state index contributed by atoms with van der Waals surface area (Å²) in [5.74, 6) is 0.745. The molecule has 0 atom stereocenters. The number of rotatable bonds is 7. The first kappa shape index (κ1) is 19.0. The zero-order valence-corrected chi connectivity index (χ0v) is 15.3. The van der Waals surface area contributed by atoms with Crippen molar-refractivity contribution in [1.82, 2.24) is 15.5 Å². The van der Waals surface area contributed by atoms with E-state index < -0.39 is 5.97 Å². The molecule has 24 heavy (non-hydrogen) atoms. The number of nitrogens with zero attached hydrogens (tertiary/aromatic N) is 1. The number of nitrogens with one attached hydrogen (secondary N) is 2. The second-order valence-corrected chi connectivity index (χ2v) is 7.75. The van der Waals surface area contributed by atoms with E-state index in [2.05, 4.69) is 24.5 Å². The van der Waals surface area contributed by atoms with E-state index in [0.717, 1.165) is 44.1 Å². The molecule has 2 fully saturated rings. The maximum atomic E-state index is 12.1. The third-order valence-corrected chi connectivity index (χ3v) is 5.76. The molecule has 2 aliphatic rings. The predicted octanol–water partition coefficient (Wildman–Crippen LogP) is 2.44. The molecule has 0 radical (unpaired) electrons. The van der Waals surface area contributed by atoms with Gasteiger partial charge in [-0.05, 0) is 56.9 Å². The number of likely N-dealkylation sites (N-methyl/N-ethyl adjacent to an activating group) is 1. The Morgan fingerprint density at radius 1 is 1.08 bits per heavy atom. The highest BCUT2D eigenvalue weighted by Crippen LogP contribution is 2.30. The molecule has 0 spiro atoms. The van der Waals surface area contributed by atoms with Crippen LogP contribution in [0, 0.1) is 11.8 Å². The zero-order valence-electron chi connectivity index (χ0n) is 15.3. The molecule has 6 nitrogen and oxygen atoms in total. The lowest BCUT2D eigenvalue weighted by Crippen LogP contribution is -2.57. The number of aliphatic carboxylic acids is 1. The molecule has 0 aromatic rings. The van der Waals surface area contributed by atoms with E-state index in [0.29, 0.717) is 6.04 Å². The Morgan fingerprint density at radius 3 is 2.17 bits per heavy atom. The van der Waals surface area contributed by atoms with Crippen LogP contribution in [0.15, 0.2) is 0 Å². The molecule has 0 aromatic carbocycles. The highest BCUT2D eigenvalue weighted by atomic mass is 16.4. The minimum atomic E-state index is -0.789. The molecule has 6 heteroatoms. The summed E-state index contributed by atoms with van der Waals surface area (Å²) in [5, 5.41) is 15.1. The van der Waals surface area contributed by atoms with Crippen LogP contribution in [0.4, 0.5) is 4.79 Å². The first-order valence-electron chi connectivity index (χ1n) is 9.41. The molecule has 0 saturated heterocycles. The largest absolute Gasteiger partial charge is 0.480 e. The molecule has 138 valence electrons. The van der Waals surface area contributed by atoms with Gasteiger partial charge in [0.15, 0.2) is 0 Å². The summed E-state index contributed by atoms with van der Waals surface area (Å²) in [4.78, 5) is 24.9. The average molecular weight is 339 g/mol. The van der Waals surface area contributed by atoms with Gasteiger partial charge in [0.25, 0.3) is 0 Å². The smallest absolute Gasteiger partial charge is 0.317 e. The van der Waals surface area contributed by atoms with Crippen molar-refractivity contribution in [2.24, 2.45) is 11.8 Å². The zero-order chi connectivity index (χ0) is 17.7. The summed E-state index contributed by atoms with van der Waals surface area (Å²) in [5.41, 5.74) is 0. The second kappa shape index (κ2) is 8.70. The Bertz CT molecular complexity index is 427. The van der Waals surface area contributed by atoms with Crippen LogP contribution >= 0.6 is 0 Å². The number of carbonyl (C=O) groups excluding carboxylic acids is 1. The molecule has 0 unspecified atom stereocenters. The third kappa shape index (κ3) is 5.36. The van der Waals surface area contributed by atoms with Crippen molar-refractivity contribution in [1.29, 1.82) is 0 Å². The number of hydrogen-bond donors (Lipinski definition) is 3. The van der Waals surface area contributed by atoms with Gasteiger partial charge in [-0.3, -0.25) is 9.69 Å². The van der Waals surface area contributed by atoms with Gasteiger partial charge < -0.3 is 15.7 Å². The van der Waals surface area contributed by atoms with Crippen molar-refractivity contribution in [3.63, 3.8) is 0 Å². The fourth-order valence-electron chi connectivity index (χ4n) is 4.02. The van der Waals surface area contributed by atoms with Gasteiger partial charge in [0.2, 0.25) is 0 Å². The summed E-state index contributed by atoms with van der Waals surface area (Å²) in [6.45, 7) is 7.35. The van der Waals surface area contributed by atoms with Gasteiger partial charge in [0.1, 0.15) is 0 Å². The topological polar surface area (TPSA) is 81.7 Å². The lowest BCUT2D eigenvalue weighted by molar-refractivity contribution is -0.139. The van der Waals surface area contributed by atoms with Crippen LogP contribution in [0.2, 0.25) is 0 Å². The summed E-state index contributed by atoms with van der Waals surface area (Å²) in [6, 6.07) is 0.686. The number of carbonyl (C=O) groups is 2. The first-order valence-corrected chi connectivity index (χ1v) is 9.41. The van der Waals surface area contributed by atoms with Crippen molar-refractivity contribution < 1.29 is 14.7 Å². The lowest BCUT2D eigenvalue weighted by atomic mass is 9.80. The average Bonchev–Trinajstić information content (AvgIpc) is 2.48. The Balaban J connectivity index is 1.64. The van der Waals surface area contributed by atoms with Gasteiger partial charge in [0, 0.05) is 18.1 Å². The number of carboxylic acid groups (broad SMARTS) is 1. The van der Waals surface area contributed by atoms with Crippen LogP contribution in [0.25, 0.3) is 0 Å². The van der Waals surface area contributed by atoms with Crippen LogP contribution in [0.3, 0.4) is 0 Å². The molecule has 0 aliphatic heterocycles. The fraction of sp³-hybridized carbons (Fsp3) is 0.889. The van der Waals surface area contributed by atoms with Gasteiger partial charge in [-0.15, -0.1) is 0 Å². The molecule has 0 bridgehead atoms. The molecule has 3 N–H and O–H groups in total. The number of hydrogen-bond acceptors (Lipinski definition) is 3. The van der Waals surface area contributed by atoms with Gasteiger partial charge in [0.05, 0.1) is 6.54 Å². The maximum Gasteiger partial charge on any atom is 0.317 e. The van der Waals surface area contributed by atoms with Crippen molar-refractivity contribution >= 4 is 12.0 Å². The Labute approximate surface area is 145 Å². The van der Waals surface area contributed by atoms with Crippen molar-refractivity contribution in [3.05, 3.63) is 0 Å². The van der Waals surface area contributed by atoms with Crippen LogP contribution in [0.5, 0.6) is 0 Å². The SMILES string of the molecule is CCN(CC(=O)O)C1CC(NC(=O)NC2CCC(C(C)C)CC2)C1. The number of carboxylic acids is 1. The standard InChI is InChI=1S/C18H33N3O3/c1-4-21(11-17(22)23)16-9-15(10-16)20-18(24)19-14-7-5-13(6-8-14)12(2)3/h12-16H,4-11H2,1-3H3,(H,22,23)(H2,19,20,24). The highest BCUT2D eigenvalue weighted by molar-refractivity contribution is 5.74. The minimum absolute atomic E-state index is 0.0623. The molecule has 0 aromatic heterocycles. The molecular weight excluding hydrogens is 306 g/mol. The molecular formula is C18H33N3O3. The van der Waals surface area contributed by atoms with E-state index in [1.165, 1.54) is 12.8 Å². The highest BCUT2D eigenvalue weighted by Gasteiger charge is 2.35. The summed E-state index contributed by atoms with van der Waals surface area (Å²) >= 11 is 0. The molecule has 2 saturated carbocycles. The Hall–Kier alpha value is -1.30. The summed E-state index contributed by atoms with van der Waals surface area (Å²) in [7, 11) is 0. The van der Waals surface area contributed by atoms with E-state index in [9.17, 15) is 9.59 Å². The van der Waals surface area contributed by atoms with Gasteiger partial charge in [-0.2, -0.15) is 0 Å². The summed E-state index contributed by atoms with van der Waals surface area (Å²) in [6.07, 6.45) is 6.24. The second-order valence-electron chi connectivity index (χ2n) is 7.75. The first-order chi connectivity index (χ1) is 11.4. The van der Waals surface area contributed by atoms with E-state index in [1.807, 2.05) is 11.8 Å². The fourth-order valence-corrected chi connectivity index (χ4v) is 4.02.